The van der Waals surface area contributed by atoms with Crippen LogP contribution in [-0.2, 0) is 29.1 Å². The van der Waals surface area contributed by atoms with E-state index in [-0.39, 0.29) is 24.3 Å². The number of hydroxylamine groups is 2. The smallest absolute Gasteiger partial charge is 0.330 e. The van der Waals surface area contributed by atoms with Crippen LogP contribution >= 0.6 is 21.6 Å². The Morgan fingerprint density at radius 1 is 1.19 bits per heavy atom. The van der Waals surface area contributed by atoms with Crippen molar-refractivity contribution in [3.63, 3.8) is 0 Å². The molecule has 0 aliphatic carbocycles. The number of carbonyl (C=O) groups excluding carboxylic acids is 3. The van der Waals surface area contributed by atoms with E-state index in [0.717, 1.165) is 5.03 Å². The van der Waals surface area contributed by atoms with Gasteiger partial charge >= 0.3 is 5.97 Å². The molecule has 1 saturated heterocycles. The minimum absolute atomic E-state index is 0.00140. The molecule has 0 spiro atoms. The molecule has 0 radical (unpaired) electrons. The average Bonchev–Trinajstić information content (AvgIpc) is 2.93. The van der Waals surface area contributed by atoms with Gasteiger partial charge < -0.3 is 4.84 Å². The van der Waals surface area contributed by atoms with E-state index in [1.165, 1.54) is 21.6 Å². The van der Waals surface area contributed by atoms with Gasteiger partial charge in [-0.2, -0.15) is 0 Å². The molecule has 0 atom stereocenters. The first kappa shape index (κ1) is 20.7. The number of carbonyl (C=O) groups is 3. The molecule has 2 rings (SSSR count). The number of nitrogens with zero attached hydrogens (tertiary/aromatic N) is 2. The summed E-state index contributed by atoms with van der Waals surface area (Å²) in [5.74, 6) is -1.88. The number of pyridine rings is 1. The lowest BCUT2D eigenvalue weighted by molar-refractivity contribution is -0.197. The highest BCUT2D eigenvalue weighted by molar-refractivity contribution is 8.76. The molecule has 1 aromatic heterocycles. The molecule has 26 heavy (non-hydrogen) atoms. The zero-order chi connectivity index (χ0) is 19.0. The van der Waals surface area contributed by atoms with Crippen LogP contribution in [0.3, 0.4) is 0 Å². The van der Waals surface area contributed by atoms with Crippen LogP contribution in [0, 0.1) is 0 Å². The normalized spacial score (nSPS) is 14.7. The third kappa shape index (κ3) is 6.96. The van der Waals surface area contributed by atoms with Crippen LogP contribution in [0.5, 0.6) is 0 Å². The van der Waals surface area contributed by atoms with Crippen molar-refractivity contribution in [1.29, 1.82) is 0 Å². The predicted molar refractivity (Wildman–Crippen MR) is 97.6 cm³/mol. The van der Waals surface area contributed by atoms with Crippen molar-refractivity contribution >= 4 is 49.2 Å². The van der Waals surface area contributed by atoms with Crippen LogP contribution in [-0.4, -0.2) is 53.5 Å². The molecule has 11 heteroatoms. The molecule has 0 saturated carbocycles. The molecule has 2 amide bonds. The lowest BCUT2D eigenvalue weighted by Gasteiger charge is -2.12. The summed E-state index contributed by atoms with van der Waals surface area (Å²) in [6, 6.07) is 5.57. The lowest BCUT2D eigenvalue weighted by Crippen LogP contribution is -2.32. The van der Waals surface area contributed by atoms with Crippen molar-refractivity contribution in [1.82, 2.24) is 10.0 Å². The Morgan fingerprint density at radius 3 is 2.58 bits per heavy atom. The van der Waals surface area contributed by atoms with Gasteiger partial charge in [0.25, 0.3) is 11.8 Å². The van der Waals surface area contributed by atoms with Gasteiger partial charge in [-0.05, 0) is 29.3 Å². The number of aromatic nitrogens is 1. The molecule has 1 fully saturated rings. The van der Waals surface area contributed by atoms with Gasteiger partial charge in [0.05, 0.1) is 17.9 Å². The van der Waals surface area contributed by atoms with Gasteiger partial charge in [0.1, 0.15) is 5.03 Å². The number of amides is 2. The lowest BCUT2D eigenvalue weighted by atomic mass is 10.4. The van der Waals surface area contributed by atoms with Crippen LogP contribution < -0.4 is 0 Å². The van der Waals surface area contributed by atoms with E-state index in [1.807, 2.05) is 18.2 Å². The van der Waals surface area contributed by atoms with Gasteiger partial charge in [-0.25, -0.2) is 18.2 Å². The summed E-state index contributed by atoms with van der Waals surface area (Å²) in [7, 11) is -0.426. The maximum Gasteiger partial charge on any atom is 0.334 e. The Balaban J connectivity index is 1.62. The minimum atomic E-state index is -3.41. The van der Waals surface area contributed by atoms with Crippen LogP contribution in [0.15, 0.2) is 29.4 Å². The summed E-state index contributed by atoms with van der Waals surface area (Å²) >= 11 is 0. The average molecular weight is 419 g/mol. The highest BCUT2D eigenvalue weighted by Gasteiger charge is 2.32. The van der Waals surface area contributed by atoms with Gasteiger partial charge in [0.15, 0.2) is 9.84 Å². The molecule has 0 N–H and O–H groups in total. The SMILES string of the molecule is O=C(CCS(=O)(=O)CCCSSc1ccccn1)ON1C(=O)CCC1=O. The Kier molecular flexibility index (Phi) is 7.91. The van der Waals surface area contributed by atoms with Crippen LogP contribution in [0.1, 0.15) is 25.7 Å². The molecular weight excluding hydrogens is 400 g/mol. The van der Waals surface area contributed by atoms with Gasteiger partial charge in [-0.1, -0.05) is 16.9 Å². The molecule has 8 nitrogen and oxygen atoms in total. The van der Waals surface area contributed by atoms with Crippen molar-refractivity contribution in [2.24, 2.45) is 0 Å². The van der Waals surface area contributed by atoms with E-state index < -0.39 is 34.0 Å². The highest BCUT2D eigenvalue weighted by atomic mass is 33.1. The molecule has 0 bridgehead atoms. The van der Waals surface area contributed by atoms with E-state index in [4.69, 9.17) is 0 Å². The summed E-state index contributed by atoms with van der Waals surface area (Å²) in [6.07, 6.45) is 1.74. The molecule has 0 unspecified atom stereocenters. The van der Waals surface area contributed by atoms with E-state index in [0.29, 0.717) is 17.2 Å². The van der Waals surface area contributed by atoms with E-state index in [9.17, 15) is 22.8 Å². The molecule has 1 aromatic rings. The summed E-state index contributed by atoms with van der Waals surface area (Å²) < 4.78 is 23.9. The fraction of sp³-hybridized carbons (Fsp3) is 0.467. The zero-order valence-corrected chi connectivity index (χ0v) is 16.3. The van der Waals surface area contributed by atoms with Gasteiger partial charge in [0.2, 0.25) is 0 Å². The molecule has 2 heterocycles. The number of imide groups is 1. The highest BCUT2D eigenvalue weighted by Crippen LogP contribution is 2.29. The Morgan fingerprint density at radius 2 is 1.92 bits per heavy atom. The van der Waals surface area contributed by atoms with Crippen LogP contribution in [0.2, 0.25) is 0 Å². The molecule has 1 aliphatic heterocycles. The van der Waals surface area contributed by atoms with E-state index in [2.05, 4.69) is 9.82 Å². The largest absolute Gasteiger partial charge is 0.334 e. The summed E-state index contributed by atoms with van der Waals surface area (Å²) in [4.78, 5) is 43.1. The molecular formula is C15H18N2O6S3. The number of hydrogen-bond donors (Lipinski definition) is 0. The second-order valence-corrected chi connectivity index (χ2v) is 10.1. The predicted octanol–water partition coefficient (Wildman–Crippen LogP) is 1.62. The topological polar surface area (TPSA) is 111 Å². The number of hydrogen-bond acceptors (Lipinski definition) is 9. The van der Waals surface area contributed by atoms with E-state index >= 15 is 0 Å². The summed E-state index contributed by atoms with van der Waals surface area (Å²) in [5.41, 5.74) is 0. The summed E-state index contributed by atoms with van der Waals surface area (Å²) in [6.45, 7) is 0. The second-order valence-electron chi connectivity index (χ2n) is 5.37. The Hall–Kier alpha value is -1.59. The van der Waals surface area contributed by atoms with Gasteiger partial charge in [-0.3, -0.25) is 9.59 Å². The van der Waals surface area contributed by atoms with Crippen molar-refractivity contribution in [2.75, 3.05) is 17.3 Å². The van der Waals surface area contributed by atoms with Crippen molar-refractivity contribution in [3.05, 3.63) is 24.4 Å². The maximum absolute atomic E-state index is 12.0. The van der Waals surface area contributed by atoms with Crippen LogP contribution in [0.25, 0.3) is 0 Å². The molecule has 1 aliphatic rings. The third-order valence-electron chi connectivity index (χ3n) is 3.28. The van der Waals surface area contributed by atoms with Crippen molar-refractivity contribution < 1.29 is 27.6 Å². The number of rotatable bonds is 10. The summed E-state index contributed by atoms with van der Waals surface area (Å²) in [5, 5.41) is 1.27. The maximum atomic E-state index is 12.0. The third-order valence-corrected chi connectivity index (χ3v) is 7.37. The minimum Gasteiger partial charge on any atom is -0.330 e. The molecule has 142 valence electrons. The van der Waals surface area contributed by atoms with Gasteiger partial charge in [-0.15, -0.1) is 5.06 Å². The zero-order valence-electron chi connectivity index (χ0n) is 13.8. The fourth-order valence-electron chi connectivity index (χ4n) is 1.98. The van der Waals surface area contributed by atoms with Gasteiger partial charge in [0, 0.05) is 24.8 Å². The first-order valence-corrected chi connectivity index (χ1v) is 12.0. The first-order chi connectivity index (χ1) is 12.4. The number of sulfone groups is 1. The first-order valence-electron chi connectivity index (χ1n) is 7.85. The monoisotopic (exact) mass is 418 g/mol. The Labute approximate surface area is 159 Å². The molecule has 0 aromatic carbocycles. The fourth-order valence-corrected chi connectivity index (χ4v) is 5.40. The van der Waals surface area contributed by atoms with E-state index in [1.54, 1.807) is 6.20 Å². The second kappa shape index (κ2) is 9.93. The van der Waals surface area contributed by atoms with Crippen LogP contribution in [0.4, 0.5) is 0 Å². The Bertz CT molecular complexity index is 738. The van der Waals surface area contributed by atoms with Crippen molar-refractivity contribution in [2.45, 2.75) is 30.7 Å². The van der Waals surface area contributed by atoms with Crippen molar-refractivity contribution in [3.8, 4) is 0 Å². The standard InChI is InChI=1S/C15H18N2O6S3/c18-13-5-6-14(19)17(13)23-15(20)7-11-26(21,22)10-3-9-24-25-12-4-1-2-8-16-12/h1-2,4,8H,3,5-7,9-11H2. The quantitative estimate of drug-likeness (QED) is 0.318.